The van der Waals surface area contributed by atoms with Gasteiger partial charge in [0.2, 0.25) is 0 Å². The molecule has 8 nitrogen and oxygen atoms in total. The number of anilines is 2. The van der Waals surface area contributed by atoms with Gasteiger partial charge in [0.1, 0.15) is 5.82 Å². The monoisotopic (exact) mass is 503 g/mol. The van der Waals surface area contributed by atoms with Gasteiger partial charge in [-0.25, -0.2) is 4.98 Å². The minimum absolute atomic E-state index is 0.0675. The molecular formula is C30H29N7O. The Kier molecular flexibility index (Phi) is 6.54. The lowest BCUT2D eigenvalue weighted by atomic mass is 10.1. The Morgan fingerprint density at radius 3 is 2.45 bits per heavy atom. The molecule has 1 fully saturated rings. The molecule has 0 unspecified atom stereocenters. The molecule has 0 spiro atoms. The van der Waals surface area contributed by atoms with Gasteiger partial charge in [-0.3, -0.25) is 14.7 Å². The molecule has 1 aliphatic heterocycles. The molecule has 2 aromatic carbocycles. The topological polar surface area (TPSA) is 78.7 Å². The molecule has 0 radical (unpaired) electrons. The summed E-state index contributed by atoms with van der Waals surface area (Å²) in [5, 5.41) is 8.08. The van der Waals surface area contributed by atoms with Crippen LogP contribution in [-0.2, 0) is 6.54 Å². The Bertz CT molecular complexity index is 1540. The number of hydrogen-bond acceptors (Lipinski definition) is 6. The molecule has 0 atom stereocenters. The van der Waals surface area contributed by atoms with Gasteiger partial charge in [-0.05, 0) is 42.8 Å². The van der Waals surface area contributed by atoms with E-state index in [0.29, 0.717) is 5.56 Å². The highest BCUT2D eigenvalue weighted by atomic mass is 16.2. The van der Waals surface area contributed by atoms with Crippen LogP contribution in [0.1, 0.15) is 21.6 Å². The van der Waals surface area contributed by atoms with Crippen LogP contribution in [0.5, 0.6) is 0 Å². The number of carbonyl (C=O) groups excluding carboxylic acids is 1. The zero-order chi connectivity index (χ0) is 25.9. The molecule has 4 heterocycles. The van der Waals surface area contributed by atoms with Crippen LogP contribution in [0, 0.1) is 6.92 Å². The fraction of sp³-hybridized carbons (Fsp3) is 0.200. The highest BCUT2D eigenvalue weighted by molar-refractivity contribution is 5.94. The molecule has 1 N–H and O–H groups in total. The van der Waals surface area contributed by atoms with E-state index in [4.69, 9.17) is 4.98 Å². The summed E-state index contributed by atoms with van der Waals surface area (Å²) >= 11 is 0. The van der Waals surface area contributed by atoms with Crippen LogP contribution in [0.2, 0.25) is 0 Å². The van der Waals surface area contributed by atoms with E-state index in [1.807, 2.05) is 95.3 Å². The van der Waals surface area contributed by atoms with E-state index in [1.165, 1.54) is 5.56 Å². The number of fused-ring (bicyclic) bond motifs is 1. The highest BCUT2D eigenvalue weighted by Crippen LogP contribution is 2.25. The van der Waals surface area contributed by atoms with Crippen LogP contribution in [0.3, 0.4) is 0 Å². The molecule has 6 rings (SSSR count). The number of amides is 1. The minimum Gasteiger partial charge on any atom is -0.340 e. The Morgan fingerprint density at radius 1 is 0.921 bits per heavy atom. The molecule has 0 bridgehead atoms. The first-order chi connectivity index (χ1) is 18.6. The average molecular weight is 504 g/mol. The quantitative estimate of drug-likeness (QED) is 0.359. The number of pyridine rings is 1. The van der Waals surface area contributed by atoms with Crippen molar-refractivity contribution < 1.29 is 4.79 Å². The van der Waals surface area contributed by atoms with Crippen LogP contribution >= 0.6 is 0 Å². The molecule has 1 amide bonds. The average Bonchev–Trinajstić information content (AvgIpc) is 3.35. The number of nitrogens with one attached hydrogen (secondary N) is 1. The Labute approximate surface area is 221 Å². The van der Waals surface area contributed by atoms with Crippen LogP contribution in [-0.4, -0.2) is 61.5 Å². The Hall–Kier alpha value is -4.56. The van der Waals surface area contributed by atoms with Crippen molar-refractivity contribution >= 4 is 23.1 Å². The number of carbonyl (C=O) groups is 1. The summed E-state index contributed by atoms with van der Waals surface area (Å²) < 4.78 is 1.81. The van der Waals surface area contributed by atoms with Gasteiger partial charge >= 0.3 is 0 Å². The molecule has 38 heavy (non-hydrogen) atoms. The highest BCUT2D eigenvalue weighted by Gasteiger charge is 2.22. The first-order valence-electron chi connectivity index (χ1n) is 12.8. The van der Waals surface area contributed by atoms with Gasteiger partial charge in [-0.1, -0.05) is 36.4 Å². The van der Waals surface area contributed by atoms with Gasteiger partial charge in [0.15, 0.2) is 5.65 Å². The molecule has 8 heteroatoms. The van der Waals surface area contributed by atoms with Crippen molar-refractivity contribution in [2.24, 2.45) is 0 Å². The van der Waals surface area contributed by atoms with Crippen LogP contribution in [0.25, 0.3) is 16.9 Å². The smallest absolute Gasteiger partial charge is 0.253 e. The van der Waals surface area contributed by atoms with Gasteiger partial charge in [0.05, 0.1) is 11.4 Å². The number of piperazine rings is 1. The van der Waals surface area contributed by atoms with E-state index in [9.17, 15) is 4.79 Å². The van der Waals surface area contributed by atoms with Crippen molar-refractivity contribution in [3.63, 3.8) is 0 Å². The van der Waals surface area contributed by atoms with Crippen LogP contribution in [0.15, 0.2) is 91.3 Å². The van der Waals surface area contributed by atoms with E-state index in [-0.39, 0.29) is 5.91 Å². The Morgan fingerprint density at radius 2 is 1.71 bits per heavy atom. The second-order valence-electron chi connectivity index (χ2n) is 9.58. The van der Waals surface area contributed by atoms with Gasteiger partial charge in [-0.2, -0.15) is 9.61 Å². The third-order valence-corrected chi connectivity index (χ3v) is 6.81. The van der Waals surface area contributed by atoms with Gasteiger partial charge in [0.25, 0.3) is 5.91 Å². The maximum absolute atomic E-state index is 13.2. The predicted molar refractivity (Wildman–Crippen MR) is 148 cm³/mol. The normalized spacial score (nSPS) is 14.1. The zero-order valence-corrected chi connectivity index (χ0v) is 21.3. The predicted octanol–water partition coefficient (Wildman–Crippen LogP) is 4.80. The molecule has 5 aromatic rings. The number of aryl methyl sites for hydroxylation is 1. The van der Waals surface area contributed by atoms with E-state index in [0.717, 1.165) is 66.8 Å². The number of aromatic nitrogens is 4. The fourth-order valence-electron chi connectivity index (χ4n) is 4.82. The summed E-state index contributed by atoms with van der Waals surface area (Å²) in [5.41, 5.74) is 6.35. The third kappa shape index (κ3) is 5.12. The molecule has 0 saturated carbocycles. The maximum atomic E-state index is 13.2. The summed E-state index contributed by atoms with van der Waals surface area (Å²) in [4.78, 5) is 26.5. The van der Waals surface area contributed by atoms with Crippen molar-refractivity contribution in [3.8, 4) is 11.3 Å². The molecule has 190 valence electrons. The summed E-state index contributed by atoms with van der Waals surface area (Å²) in [6.07, 6.45) is 3.69. The number of rotatable bonds is 6. The van der Waals surface area contributed by atoms with E-state index < -0.39 is 0 Å². The second kappa shape index (κ2) is 10.4. The summed E-state index contributed by atoms with van der Waals surface area (Å²) in [7, 11) is 0. The first kappa shape index (κ1) is 23.8. The molecule has 1 aliphatic rings. The van der Waals surface area contributed by atoms with Gasteiger partial charge in [-0.15, -0.1) is 0 Å². The molecule has 0 aliphatic carbocycles. The standard InChI is InChI=1S/C30H29N7O/c1-22-18-28-33-27(24-7-3-2-4-8-24)19-29(37(28)34-22)32-26-11-9-25(10-12-26)30(38)36-16-14-35(15-17-36)21-23-6-5-13-31-20-23/h2-13,18-20,32H,14-17,21H2,1H3. The van der Waals surface area contributed by atoms with Crippen LogP contribution in [0.4, 0.5) is 11.5 Å². The zero-order valence-electron chi connectivity index (χ0n) is 21.3. The number of benzene rings is 2. The van der Waals surface area contributed by atoms with Crippen molar-refractivity contribution in [1.82, 2.24) is 29.4 Å². The number of hydrogen-bond donors (Lipinski definition) is 1. The van der Waals surface area contributed by atoms with E-state index in [2.05, 4.69) is 26.4 Å². The van der Waals surface area contributed by atoms with Crippen molar-refractivity contribution in [3.05, 3.63) is 108 Å². The maximum Gasteiger partial charge on any atom is 0.253 e. The lowest BCUT2D eigenvalue weighted by molar-refractivity contribution is 0.0628. The SMILES string of the molecule is Cc1cc2nc(-c3ccccc3)cc(Nc3ccc(C(=O)N4CCN(Cc5cccnc5)CC4)cc3)n2n1. The second-order valence-corrected chi connectivity index (χ2v) is 9.58. The molecule has 1 saturated heterocycles. The Balaban J connectivity index is 1.14. The summed E-state index contributed by atoms with van der Waals surface area (Å²) in [6.45, 7) is 5.96. The first-order valence-corrected chi connectivity index (χ1v) is 12.8. The van der Waals surface area contributed by atoms with E-state index in [1.54, 1.807) is 6.20 Å². The van der Waals surface area contributed by atoms with Crippen molar-refractivity contribution in [1.29, 1.82) is 0 Å². The van der Waals surface area contributed by atoms with Gasteiger partial charge < -0.3 is 10.2 Å². The van der Waals surface area contributed by atoms with Gasteiger partial charge in [0, 0.05) is 74.1 Å². The lowest BCUT2D eigenvalue weighted by Gasteiger charge is -2.34. The molecule has 3 aromatic heterocycles. The van der Waals surface area contributed by atoms with Crippen molar-refractivity contribution in [2.75, 3.05) is 31.5 Å². The lowest BCUT2D eigenvalue weighted by Crippen LogP contribution is -2.48. The number of nitrogens with zero attached hydrogens (tertiary/aromatic N) is 6. The summed E-state index contributed by atoms with van der Waals surface area (Å²) in [6, 6.07) is 25.8. The summed E-state index contributed by atoms with van der Waals surface area (Å²) in [5.74, 6) is 0.878. The minimum atomic E-state index is 0.0675. The molecular weight excluding hydrogens is 474 g/mol. The third-order valence-electron chi connectivity index (χ3n) is 6.81. The van der Waals surface area contributed by atoms with Crippen molar-refractivity contribution in [2.45, 2.75) is 13.5 Å². The largest absolute Gasteiger partial charge is 0.340 e. The van der Waals surface area contributed by atoms with Crippen LogP contribution < -0.4 is 5.32 Å². The fourth-order valence-corrected chi connectivity index (χ4v) is 4.82. The van der Waals surface area contributed by atoms with E-state index >= 15 is 0 Å².